The molecule has 0 fully saturated rings. The van der Waals surface area contributed by atoms with Crippen LogP contribution < -0.4 is 5.73 Å². The predicted octanol–water partition coefficient (Wildman–Crippen LogP) is 4.25. The molecule has 1 nitrogen and oxygen atoms in total. The Morgan fingerprint density at radius 2 is 1.35 bits per heavy atom. The molecule has 106 valence electrons. The molecular weight excluding hydrogens is 256 g/mol. The minimum absolute atomic E-state index is 0.332. The van der Waals surface area contributed by atoms with Gasteiger partial charge in [-0.15, -0.1) is 0 Å². The Hall–Kier alpha value is -1.74. The average molecular weight is 275 g/mol. The second-order valence-corrected chi connectivity index (χ2v) is 5.41. The van der Waals surface area contributed by atoms with Gasteiger partial charge in [-0.2, -0.15) is 0 Å². The highest BCUT2D eigenvalue weighted by Crippen LogP contribution is 2.29. The maximum Gasteiger partial charge on any atom is 0.131 e. The number of benzene rings is 2. The minimum Gasteiger partial charge on any atom is -0.320 e. The van der Waals surface area contributed by atoms with Gasteiger partial charge in [0.2, 0.25) is 0 Å². The van der Waals surface area contributed by atoms with E-state index in [2.05, 4.69) is 0 Å². The van der Waals surface area contributed by atoms with Gasteiger partial charge in [-0.3, -0.25) is 0 Å². The average Bonchev–Trinajstić information content (AvgIpc) is 2.32. The van der Waals surface area contributed by atoms with Crippen molar-refractivity contribution in [3.05, 3.63) is 69.3 Å². The van der Waals surface area contributed by atoms with Crippen molar-refractivity contribution in [2.24, 2.45) is 5.73 Å². The van der Waals surface area contributed by atoms with E-state index < -0.39 is 17.7 Å². The number of nitrogens with two attached hydrogens (primary N) is 1. The highest BCUT2D eigenvalue weighted by atomic mass is 19.1. The Labute approximate surface area is 118 Å². The van der Waals surface area contributed by atoms with Crippen LogP contribution in [-0.2, 0) is 0 Å². The third-order valence-corrected chi connectivity index (χ3v) is 3.66. The summed E-state index contributed by atoms with van der Waals surface area (Å²) >= 11 is 0. The second-order valence-electron chi connectivity index (χ2n) is 5.41. The summed E-state index contributed by atoms with van der Waals surface area (Å²) in [6.45, 7) is 7.55. The molecule has 2 rings (SSSR count). The standard InChI is InChI=1S/C17H19F2N/c1-9-5-11(3)16(12(4)6-9)17(20)13-7-10(2)14(18)8-15(13)19/h5-8,17H,20H2,1-4H3. The zero-order valence-corrected chi connectivity index (χ0v) is 12.2. The van der Waals surface area contributed by atoms with Crippen molar-refractivity contribution < 1.29 is 8.78 Å². The van der Waals surface area contributed by atoms with Gasteiger partial charge in [-0.05, 0) is 56.0 Å². The highest BCUT2D eigenvalue weighted by Gasteiger charge is 2.19. The Morgan fingerprint density at radius 1 is 0.800 bits per heavy atom. The van der Waals surface area contributed by atoms with Crippen molar-refractivity contribution >= 4 is 0 Å². The van der Waals surface area contributed by atoms with Gasteiger partial charge in [0, 0.05) is 11.6 Å². The summed E-state index contributed by atoms with van der Waals surface area (Å²) in [7, 11) is 0. The number of aryl methyl sites for hydroxylation is 4. The molecule has 3 heteroatoms. The number of halogens is 2. The fraction of sp³-hybridized carbons (Fsp3) is 0.294. The first kappa shape index (κ1) is 14.7. The number of hydrogen-bond donors (Lipinski definition) is 1. The van der Waals surface area contributed by atoms with Gasteiger partial charge in [0.15, 0.2) is 0 Å². The van der Waals surface area contributed by atoms with Crippen molar-refractivity contribution in [3.63, 3.8) is 0 Å². The molecule has 0 aromatic heterocycles. The van der Waals surface area contributed by atoms with Crippen LogP contribution in [-0.4, -0.2) is 0 Å². The quantitative estimate of drug-likeness (QED) is 0.871. The van der Waals surface area contributed by atoms with E-state index in [4.69, 9.17) is 5.73 Å². The van der Waals surface area contributed by atoms with Crippen molar-refractivity contribution in [1.29, 1.82) is 0 Å². The van der Waals surface area contributed by atoms with Crippen LogP contribution in [0.3, 0.4) is 0 Å². The first-order valence-electron chi connectivity index (χ1n) is 6.60. The van der Waals surface area contributed by atoms with Gasteiger partial charge in [0.25, 0.3) is 0 Å². The normalized spacial score (nSPS) is 12.6. The molecule has 0 amide bonds. The summed E-state index contributed by atoms with van der Waals surface area (Å²) in [5, 5.41) is 0. The zero-order valence-electron chi connectivity index (χ0n) is 12.2. The lowest BCUT2D eigenvalue weighted by Crippen LogP contribution is -2.17. The SMILES string of the molecule is Cc1cc(C)c(C(N)c2cc(C)c(F)cc2F)c(C)c1. The van der Waals surface area contributed by atoms with Crippen LogP contribution in [0.15, 0.2) is 24.3 Å². The van der Waals surface area contributed by atoms with Gasteiger partial charge in [-0.25, -0.2) is 8.78 Å². The van der Waals surface area contributed by atoms with Crippen LogP contribution in [0.4, 0.5) is 8.78 Å². The smallest absolute Gasteiger partial charge is 0.131 e. The van der Waals surface area contributed by atoms with E-state index in [0.29, 0.717) is 11.1 Å². The lowest BCUT2D eigenvalue weighted by molar-refractivity contribution is 0.560. The van der Waals surface area contributed by atoms with Crippen LogP contribution in [0, 0.1) is 39.3 Å². The first-order chi connectivity index (χ1) is 9.31. The van der Waals surface area contributed by atoms with E-state index in [-0.39, 0.29) is 0 Å². The molecule has 0 saturated heterocycles. The maximum atomic E-state index is 14.0. The van der Waals surface area contributed by atoms with E-state index in [9.17, 15) is 8.78 Å². The van der Waals surface area contributed by atoms with Gasteiger partial charge >= 0.3 is 0 Å². The molecule has 2 aromatic rings. The Balaban J connectivity index is 2.57. The maximum absolute atomic E-state index is 14.0. The summed E-state index contributed by atoms with van der Waals surface area (Å²) in [5.74, 6) is -1.14. The van der Waals surface area contributed by atoms with Crippen molar-refractivity contribution in [2.75, 3.05) is 0 Å². The fourth-order valence-electron chi connectivity index (χ4n) is 2.76. The molecule has 0 saturated carbocycles. The molecule has 1 unspecified atom stereocenters. The molecule has 0 bridgehead atoms. The van der Waals surface area contributed by atoms with Crippen molar-refractivity contribution in [2.45, 2.75) is 33.7 Å². The van der Waals surface area contributed by atoms with E-state index in [1.807, 2.05) is 32.9 Å². The molecule has 0 radical (unpaired) electrons. The first-order valence-corrected chi connectivity index (χ1v) is 6.60. The summed E-state index contributed by atoms with van der Waals surface area (Å²) in [6.07, 6.45) is 0. The monoisotopic (exact) mass is 275 g/mol. The van der Waals surface area contributed by atoms with E-state index in [1.54, 1.807) is 6.92 Å². The van der Waals surface area contributed by atoms with Crippen LogP contribution in [0.25, 0.3) is 0 Å². The third kappa shape index (κ3) is 2.59. The molecule has 0 aliphatic rings. The van der Waals surface area contributed by atoms with E-state index in [0.717, 1.165) is 28.3 Å². The summed E-state index contributed by atoms with van der Waals surface area (Å²) in [5.41, 5.74) is 11.1. The van der Waals surface area contributed by atoms with Crippen LogP contribution >= 0.6 is 0 Å². The molecule has 1 atom stereocenters. The molecule has 0 aliphatic carbocycles. The van der Waals surface area contributed by atoms with E-state index >= 15 is 0 Å². The van der Waals surface area contributed by atoms with Crippen LogP contribution in [0.1, 0.15) is 39.4 Å². The lowest BCUT2D eigenvalue weighted by atomic mass is 9.89. The van der Waals surface area contributed by atoms with Gasteiger partial charge < -0.3 is 5.73 Å². The summed E-state index contributed by atoms with van der Waals surface area (Å²) < 4.78 is 27.3. The molecule has 0 aliphatic heterocycles. The summed E-state index contributed by atoms with van der Waals surface area (Å²) in [4.78, 5) is 0. The minimum atomic E-state index is -0.597. The second kappa shape index (κ2) is 5.33. The fourth-order valence-corrected chi connectivity index (χ4v) is 2.76. The van der Waals surface area contributed by atoms with E-state index in [1.165, 1.54) is 6.07 Å². The molecule has 0 spiro atoms. The van der Waals surface area contributed by atoms with Gasteiger partial charge in [0.05, 0.1) is 6.04 Å². The Kier molecular flexibility index (Phi) is 3.91. The number of hydrogen-bond acceptors (Lipinski definition) is 1. The predicted molar refractivity (Wildman–Crippen MR) is 77.8 cm³/mol. The molecule has 2 N–H and O–H groups in total. The highest BCUT2D eigenvalue weighted by molar-refractivity contribution is 5.44. The Morgan fingerprint density at radius 3 is 1.90 bits per heavy atom. The Bertz CT molecular complexity index is 639. The topological polar surface area (TPSA) is 26.0 Å². The van der Waals surface area contributed by atoms with Gasteiger partial charge in [0.1, 0.15) is 11.6 Å². The van der Waals surface area contributed by atoms with Crippen molar-refractivity contribution in [3.8, 4) is 0 Å². The number of rotatable bonds is 2. The van der Waals surface area contributed by atoms with Gasteiger partial charge in [-0.1, -0.05) is 17.7 Å². The molecule has 0 heterocycles. The van der Waals surface area contributed by atoms with Crippen molar-refractivity contribution in [1.82, 2.24) is 0 Å². The van der Waals surface area contributed by atoms with Crippen LogP contribution in [0.5, 0.6) is 0 Å². The van der Waals surface area contributed by atoms with Crippen LogP contribution in [0.2, 0.25) is 0 Å². The molecule has 20 heavy (non-hydrogen) atoms. The molecular formula is C17H19F2N. The largest absolute Gasteiger partial charge is 0.320 e. The zero-order chi connectivity index (χ0) is 15.0. The summed E-state index contributed by atoms with van der Waals surface area (Å²) in [6, 6.07) is 5.86. The molecule has 2 aromatic carbocycles. The third-order valence-electron chi connectivity index (χ3n) is 3.66. The lowest BCUT2D eigenvalue weighted by Gasteiger charge is -2.20.